The maximum Gasteiger partial charge on any atom is 0.317 e. The van der Waals surface area contributed by atoms with E-state index >= 15 is 0 Å². The van der Waals surface area contributed by atoms with Crippen LogP contribution in [0.25, 0.3) is 0 Å². The minimum atomic E-state index is -0.982. The van der Waals surface area contributed by atoms with Gasteiger partial charge in [0.15, 0.2) is 0 Å². The highest BCUT2D eigenvalue weighted by Gasteiger charge is 2.23. The minimum Gasteiger partial charge on any atom is -0.480 e. The summed E-state index contributed by atoms with van der Waals surface area (Å²) in [6, 6.07) is -0.472. The quantitative estimate of drug-likeness (QED) is 0.383. The van der Waals surface area contributed by atoms with Gasteiger partial charge in [-0.25, -0.2) is 0 Å². The van der Waals surface area contributed by atoms with Crippen molar-refractivity contribution in [2.75, 3.05) is 72.0 Å². The molecule has 35 heavy (non-hydrogen) atoms. The number of carbonyl (C=O) groups is 5. The van der Waals surface area contributed by atoms with E-state index in [1.165, 1.54) is 6.92 Å². The van der Waals surface area contributed by atoms with E-state index in [4.69, 9.17) is 5.11 Å². The molecule has 0 spiro atoms. The Bertz CT molecular complexity index is 619. The Morgan fingerprint density at radius 1 is 0.743 bits per heavy atom. The van der Waals surface area contributed by atoms with Gasteiger partial charge in [-0.05, 0) is 13.3 Å². The molecule has 0 amide bonds. The highest BCUT2D eigenvalue weighted by molar-refractivity contribution is 5.76. The maximum absolute atomic E-state index is 11.7. The summed E-state index contributed by atoms with van der Waals surface area (Å²) in [6.45, 7) is 12.7. The van der Waals surface area contributed by atoms with Crippen molar-refractivity contribution in [2.24, 2.45) is 0 Å². The lowest BCUT2D eigenvalue weighted by atomic mass is 10.1. The van der Waals surface area contributed by atoms with Crippen molar-refractivity contribution >= 4 is 30.3 Å². The molecule has 2 N–H and O–H groups in total. The fourth-order valence-electron chi connectivity index (χ4n) is 3.56. The number of hydrogen-bond acceptors (Lipinski definition) is 9. The van der Waals surface area contributed by atoms with Gasteiger partial charge >= 0.3 is 11.9 Å². The molecule has 11 heteroatoms. The second-order valence-corrected chi connectivity index (χ2v) is 7.79. The largest absolute Gasteiger partial charge is 0.480 e. The lowest BCUT2D eigenvalue weighted by molar-refractivity contribution is -0.140. The monoisotopic (exact) mass is 502 g/mol. The summed E-state index contributed by atoms with van der Waals surface area (Å²) in [5.74, 6) is -1.96. The first-order chi connectivity index (χ1) is 16.7. The first kappa shape index (κ1) is 35.0. The Hall–Kier alpha value is -2.21. The van der Waals surface area contributed by atoms with Crippen molar-refractivity contribution in [1.29, 1.82) is 0 Å². The topological polar surface area (TPSA) is 139 Å². The van der Waals surface area contributed by atoms with Crippen molar-refractivity contribution in [3.05, 3.63) is 0 Å². The van der Waals surface area contributed by atoms with Crippen LogP contribution < -0.4 is 0 Å². The van der Waals surface area contributed by atoms with E-state index in [2.05, 4.69) is 0 Å². The van der Waals surface area contributed by atoms with Gasteiger partial charge in [0.05, 0.1) is 25.7 Å². The molecule has 1 unspecified atom stereocenters. The molecular formula is C24H46N4O7. The van der Waals surface area contributed by atoms with Crippen molar-refractivity contribution in [1.82, 2.24) is 19.6 Å². The Labute approximate surface area is 210 Å². The van der Waals surface area contributed by atoms with Gasteiger partial charge in [-0.3, -0.25) is 29.2 Å². The second kappa shape index (κ2) is 22.3. The molecule has 1 aliphatic rings. The zero-order valence-electron chi connectivity index (χ0n) is 22.1. The number of carbonyl (C=O) groups excluding carboxylic acids is 3. The van der Waals surface area contributed by atoms with Crippen molar-refractivity contribution in [2.45, 2.75) is 53.5 Å². The first-order valence-electron chi connectivity index (χ1n) is 12.5. The Balaban J connectivity index is 0. The molecule has 0 aromatic carbocycles. The fraction of sp³-hybridized carbons (Fsp3) is 0.792. The number of aldehydes is 2. The number of ketones is 1. The molecule has 1 atom stereocenters. The van der Waals surface area contributed by atoms with Crippen molar-refractivity contribution < 1.29 is 34.2 Å². The van der Waals surface area contributed by atoms with Crippen LogP contribution >= 0.6 is 0 Å². The average Bonchev–Trinajstić information content (AvgIpc) is 2.82. The summed E-state index contributed by atoms with van der Waals surface area (Å²) in [5, 5.41) is 18.4. The number of carboxylic acid groups (broad SMARTS) is 2. The number of rotatable bonds is 11. The van der Waals surface area contributed by atoms with Crippen LogP contribution in [0.5, 0.6) is 0 Å². The van der Waals surface area contributed by atoms with Crippen LogP contribution in [0.1, 0.15) is 47.5 Å². The predicted molar refractivity (Wildman–Crippen MR) is 135 cm³/mol. The van der Waals surface area contributed by atoms with Crippen molar-refractivity contribution in [3.63, 3.8) is 0 Å². The van der Waals surface area contributed by atoms with Crippen LogP contribution in [0, 0.1) is 0 Å². The lowest BCUT2D eigenvalue weighted by Crippen LogP contribution is -2.50. The van der Waals surface area contributed by atoms with Crippen LogP contribution in [0.15, 0.2) is 0 Å². The Morgan fingerprint density at radius 3 is 1.51 bits per heavy atom. The molecule has 0 radical (unpaired) electrons. The molecule has 11 nitrogen and oxygen atoms in total. The van der Waals surface area contributed by atoms with Gasteiger partial charge in [0, 0.05) is 58.8 Å². The smallest absolute Gasteiger partial charge is 0.317 e. The van der Waals surface area contributed by atoms with Gasteiger partial charge in [0.2, 0.25) is 0 Å². The number of carboxylic acids is 2. The third kappa shape index (κ3) is 17.8. The van der Waals surface area contributed by atoms with Crippen LogP contribution in [-0.4, -0.2) is 138 Å². The van der Waals surface area contributed by atoms with Gasteiger partial charge in [0.25, 0.3) is 0 Å². The highest BCUT2D eigenvalue weighted by atomic mass is 16.4. The van der Waals surface area contributed by atoms with Gasteiger partial charge < -0.3 is 24.6 Å². The number of aliphatic carboxylic acids is 2. The van der Waals surface area contributed by atoms with E-state index in [0.29, 0.717) is 58.8 Å². The van der Waals surface area contributed by atoms with Crippen LogP contribution in [-0.2, 0) is 24.0 Å². The second-order valence-electron chi connectivity index (χ2n) is 7.79. The van der Waals surface area contributed by atoms with Gasteiger partial charge in [-0.15, -0.1) is 0 Å². The number of hydrogen-bond donors (Lipinski definition) is 2. The maximum atomic E-state index is 11.7. The molecule has 1 saturated heterocycles. The van der Waals surface area contributed by atoms with E-state index in [1.54, 1.807) is 9.80 Å². The summed E-state index contributed by atoms with van der Waals surface area (Å²) < 4.78 is 0. The van der Waals surface area contributed by atoms with Crippen LogP contribution in [0.2, 0.25) is 0 Å². The minimum absolute atomic E-state index is 0.00480. The third-order valence-corrected chi connectivity index (χ3v) is 5.34. The zero-order chi connectivity index (χ0) is 27.2. The van der Waals surface area contributed by atoms with E-state index in [1.807, 2.05) is 37.5 Å². The molecule has 0 aromatic heterocycles. The Morgan fingerprint density at radius 2 is 1.14 bits per heavy atom. The van der Waals surface area contributed by atoms with Crippen molar-refractivity contribution in [3.8, 4) is 0 Å². The van der Waals surface area contributed by atoms with Crippen LogP contribution in [0.4, 0.5) is 0 Å². The standard InChI is InChI=1S/C20H34N4O7.2C2H6/c1-17(27)2-3-18(16-26)24-10-8-21(12-13-25)4-5-22(14-19(28)29)6-7-23(9-11-24)15-20(30)31;2*1-2/h13,16,18H,2-12,14-15H2,1H3,(H,28,29)(H,30,31);2*1-2H3. The molecule has 0 saturated carbocycles. The van der Waals surface area contributed by atoms with Gasteiger partial charge in [0.1, 0.15) is 18.4 Å². The summed E-state index contributed by atoms with van der Waals surface area (Å²) >= 11 is 0. The molecule has 1 aliphatic heterocycles. The van der Waals surface area contributed by atoms with E-state index in [0.717, 1.165) is 12.6 Å². The molecule has 1 rings (SSSR count). The van der Waals surface area contributed by atoms with E-state index in [-0.39, 0.29) is 31.8 Å². The number of Topliss-reactive ketones (excluding diaryl/α,β-unsaturated/α-hetero) is 1. The lowest BCUT2D eigenvalue weighted by Gasteiger charge is -2.35. The summed E-state index contributed by atoms with van der Waals surface area (Å²) in [4.78, 5) is 63.9. The Kier molecular flexibility index (Phi) is 22.2. The SMILES string of the molecule is CC.CC.CC(=O)CCC(C=O)N1CCN(CC=O)CCN(CC(=O)O)CCN(CC(=O)O)CC1. The van der Waals surface area contributed by atoms with Crippen LogP contribution in [0.3, 0.4) is 0 Å². The molecular weight excluding hydrogens is 456 g/mol. The molecule has 1 heterocycles. The average molecular weight is 503 g/mol. The predicted octanol–water partition coefficient (Wildman–Crippen LogP) is 0.565. The first-order valence-corrected chi connectivity index (χ1v) is 12.5. The molecule has 204 valence electrons. The zero-order valence-corrected chi connectivity index (χ0v) is 22.1. The highest BCUT2D eigenvalue weighted by Crippen LogP contribution is 2.08. The normalized spacial score (nSPS) is 17.7. The van der Waals surface area contributed by atoms with E-state index < -0.39 is 18.0 Å². The molecule has 0 aliphatic carbocycles. The number of nitrogens with zero attached hydrogens (tertiary/aromatic N) is 4. The van der Waals surface area contributed by atoms with Gasteiger partial charge in [-0.1, -0.05) is 27.7 Å². The summed E-state index contributed by atoms with van der Waals surface area (Å²) in [6.07, 6.45) is 2.27. The fourth-order valence-corrected chi connectivity index (χ4v) is 3.56. The summed E-state index contributed by atoms with van der Waals surface area (Å²) in [5.41, 5.74) is 0. The molecule has 0 aromatic rings. The van der Waals surface area contributed by atoms with E-state index in [9.17, 15) is 29.1 Å². The third-order valence-electron chi connectivity index (χ3n) is 5.34. The summed E-state index contributed by atoms with van der Waals surface area (Å²) in [7, 11) is 0. The molecule has 1 fully saturated rings. The van der Waals surface area contributed by atoms with Gasteiger partial charge in [-0.2, -0.15) is 0 Å². The molecule has 0 bridgehead atoms.